The lowest BCUT2D eigenvalue weighted by Gasteiger charge is -2.29. The number of anilines is 2. The average molecular weight is 503 g/mol. The van der Waals surface area contributed by atoms with Gasteiger partial charge in [-0.25, -0.2) is 9.96 Å². The second kappa shape index (κ2) is 10.5. The molecule has 8 nitrogen and oxygen atoms in total. The Morgan fingerprint density at radius 2 is 1.59 bits per heavy atom. The van der Waals surface area contributed by atoms with Gasteiger partial charge >= 0.3 is 0 Å². The summed E-state index contributed by atoms with van der Waals surface area (Å²) < 4.78 is 16.9. The van der Waals surface area contributed by atoms with Crippen molar-refractivity contribution in [3.63, 3.8) is 0 Å². The van der Waals surface area contributed by atoms with Crippen molar-refractivity contribution in [2.24, 2.45) is 5.92 Å². The number of hydrogen-bond donors (Lipinski definition) is 0. The van der Waals surface area contributed by atoms with E-state index in [0.717, 1.165) is 17.7 Å². The van der Waals surface area contributed by atoms with Crippen molar-refractivity contribution in [3.05, 3.63) is 78.4 Å². The number of benzene rings is 3. The smallest absolute Gasteiger partial charge is 0.266 e. The highest BCUT2D eigenvalue weighted by Crippen LogP contribution is 2.48. The molecule has 8 heteroatoms. The van der Waals surface area contributed by atoms with Gasteiger partial charge < -0.3 is 14.2 Å². The molecule has 0 radical (unpaired) electrons. The highest BCUT2D eigenvalue weighted by Gasteiger charge is 2.60. The molecule has 0 spiro atoms. The summed E-state index contributed by atoms with van der Waals surface area (Å²) in [5, 5.41) is 1.67. The highest BCUT2D eigenvalue weighted by molar-refractivity contribution is 6.23. The maximum absolute atomic E-state index is 13.8. The second-order valence-corrected chi connectivity index (χ2v) is 8.86. The number of fused-ring (bicyclic) bond motifs is 1. The fourth-order valence-corrected chi connectivity index (χ4v) is 4.86. The summed E-state index contributed by atoms with van der Waals surface area (Å²) in [4.78, 5) is 34.8. The lowest BCUT2D eigenvalue weighted by atomic mass is 9.90. The molecule has 2 fully saturated rings. The monoisotopic (exact) mass is 502 g/mol. The summed E-state index contributed by atoms with van der Waals surface area (Å²) >= 11 is 0. The third kappa shape index (κ3) is 4.49. The molecule has 2 saturated heterocycles. The molecule has 3 aromatic carbocycles. The Labute approximate surface area is 216 Å². The van der Waals surface area contributed by atoms with E-state index >= 15 is 0 Å². The third-order valence-corrected chi connectivity index (χ3v) is 6.52. The van der Waals surface area contributed by atoms with Crippen LogP contribution < -0.4 is 24.2 Å². The predicted molar refractivity (Wildman–Crippen MR) is 139 cm³/mol. The minimum absolute atomic E-state index is 0.312. The maximum Gasteiger partial charge on any atom is 0.266 e. The van der Waals surface area contributed by atoms with Gasteiger partial charge in [0.1, 0.15) is 11.7 Å². The van der Waals surface area contributed by atoms with E-state index in [2.05, 4.69) is 0 Å². The zero-order valence-corrected chi connectivity index (χ0v) is 21.1. The molecule has 37 heavy (non-hydrogen) atoms. The molecule has 2 heterocycles. The number of hydrogen-bond acceptors (Lipinski definition) is 7. The first-order valence-electron chi connectivity index (χ1n) is 12.5. The summed E-state index contributed by atoms with van der Waals surface area (Å²) in [6.45, 7) is 5.03. The molecule has 192 valence electrons. The van der Waals surface area contributed by atoms with Crippen LogP contribution in [0.4, 0.5) is 11.4 Å². The molecule has 5 rings (SSSR count). The van der Waals surface area contributed by atoms with Crippen molar-refractivity contribution >= 4 is 23.2 Å². The molecule has 0 aromatic heterocycles. The normalized spacial score (nSPS) is 20.8. The van der Waals surface area contributed by atoms with Crippen LogP contribution in [-0.2, 0) is 14.4 Å². The number of rotatable bonds is 9. The number of para-hydroxylation sites is 1. The lowest BCUT2D eigenvalue weighted by molar-refractivity contribution is -0.126. The van der Waals surface area contributed by atoms with Crippen LogP contribution in [0.3, 0.4) is 0 Å². The van der Waals surface area contributed by atoms with Gasteiger partial charge in [-0.3, -0.25) is 14.4 Å². The average Bonchev–Trinajstić information content (AvgIpc) is 3.44. The Hall–Kier alpha value is -4.04. The largest absolute Gasteiger partial charge is 0.494 e. The van der Waals surface area contributed by atoms with E-state index in [9.17, 15) is 9.59 Å². The molecule has 0 aliphatic carbocycles. The Morgan fingerprint density at radius 1 is 0.838 bits per heavy atom. The van der Waals surface area contributed by atoms with Gasteiger partial charge in [0.05, 0.1) is 37.7 Å². The number of nitrogens with zero attached hydrogens (tertiary/aromatic N) is 2. The molecular formula is C29H30N2O6. The van der Waals surface area contributed by atoms with Crippen molar-refractivity contribution in [2.75, 3.05) is 30.3 Å². The van der Waals surface area contributed by atoms with Gasteiger partial charge in [0.2, 0.25) is 5.91 Å². The second-order valence-electron chi connectivity index (χ2n) is 8.86. The summed E-state index contributed by atoms with van der Waals surface area (Å²) in [5.74, 6) is 0.409. The molecule has 2 aliphatic heterocycles. The highest BCUT2D eigenvalue weighted by atomic mass is 16.7. The van der Waals surface area contributed by atoms with E-state index in [4.69, 9.17) is 19.0 Å². The fraction of sp³-hybridized carbons (Fsp3) is 0.310. The molecule has 3 atom stereocenters. The minimum Gasteiger partial charge on any atom is -0.494 e. The summed E-state index contributed by atoms with van der Waals surface area (Å²) in [7, 11) is 1.58. The molecule has 0 N–H and O–H groups in total. The minimum atomic E-state index is -0.953. The molecule has 0 unspecified atom stereocenters. The Balaban J connectivity index is 1.53. The quantitative estimate of drug-likeness (QED) is 0.384. The summed E-state index contributed by atoms with van der Waals surface area (Å²) in [6, 6.07) is 21.5. The maximum atomic E-state index is 13.8. The Kier molecular flexibility index (Phi) is 7.01. The third-order valence-electron chi connectivity index (χ3n) is 6.52. The van der Waals surface area contributed by atoms with Gasteiger partial charge in [0, 0.05) is 0 Å². The predicted octanol–water partition coefficient (Wildman–Crippen LogP) is 4.93. The van der Waals surface area contributed by atoms with E-state index < -0.39 is 24.0 Å². The van der Waals surface area contributed by atoms with E-state index in [-0.39, 0.29) is 5.91 Å². The fourth-order valence-electron chi connectivity index (χ4n) is 4.86. The van der Waals surface area contributed by atoms with Gasteiger partial charge in [-0.1, -0.05) is 31.2 Å². The van der Waals surface area contributed by atoms with Gasteiger partial charge in [-0.2, -0.15) is 0 Å². The van der Waals surface area contributed by atoms with Crippen LogP contribution in [0.15, 0.2) is 72.8 Å². The van der Waals surface area contributed by atoms with E-state index in [0.29, 0.717) is 36.1 Å². The van der Waals surface area contributed by atoms with Crippen LogP contribution in [0.5, 0.6) is 17.2 Å². The SMILES string of the molecule is CCCOc1ccc([C@@H]2[C@@H]3C(=O)N(c4ccc(OCC)cc4)C(=O)[C@@H]3ON2c2ccccc2)cc1OC. The van der Waals surface area contributed by atoms with Crippen LogP contribution >= 0.6 is 0 Å². The molecule has 3 aromatic rings. The Bertz CT molecular complexity index is 1260. The summed E-state index contributed by atoms with van der Waals surface area (Å²) in [5.41, 5.74) is 2.02. The Morgan fingerprint density at radius 3 is 2.27 bits per heavy atom. The van der Waals surface area contributed by atoms with Crippen LogP contribution in [0.2, 0.25) is 0 Å². The number of carbonyl (C=O) groups is 2. The van der Waals surface area contributed by atoms with Gasteiger partial charge in [-0.15, -0.1) is 0 Å². The number of hydroxylamine groups is 1. The number of methoxy groups -OCH3 is 1. The van der Waals surface area contributed by atoms with E-state index in [1.54, 1.807) is 36.4 Å². The van der Waals surface area contributed by atoms with Crippen molar-refractivity contribution in [3.8, 4) is 17.2 Å². The molecule has 0 bridgehead atoms. The van der Waals surface area contributed by atoms with E-state index in [1.165, 1.54) is 4.90 Å². The van der Waals surface area contributed by atoms with Crippen LogP contribution in [0, 0.1) is 5.92 Å². The molecule has 2 amide bonds. The van der Waals surface area contributed by atoms with Crippen LogP contribution in [0.1, 0.15) is 31.9 Å². The van der Waals surface area contributed by atoms with Gasteiger partial charge in [0.15, 0.2) is 17.6 Å². The first-order chi connectivity index (χ1) is 18.1. The van der Waals surface area contributed by atoms with Crippen molar-refractivity contribution < 1.29 is 28.6 Å². The van der Waals surface area contributed by atoms with Crippen molar-refractivity contribution in [1.29, 1.82) is 0 Å². The number of amides is 2. The zero-order chi connectivity index (χ0) is 25.9. The lowest BCUT2D eigenvalue weighted by Crippen LogP contribution is -2.37. The zero-order valence-electron chi connectivity index (χ0n) is 21.1. The van der Waals surface area contributed by atoms with Gasteiger partial charge in [-0.05, 0) is 67.4 Å². The van der Waals surface area contributed by atoms with Crippen molar-refractivity contribution in [1.82, 2.24) is 0 Å². The van der Waals surface area contributed by atoms with Gasteiger partial charge in [0.25, 0.3) is 5.91 Å². The van der Waals surface area contributed by atoms with Crippen molar-refractivity contribution in [2.45, 2.75) is 32.4 Å². The number of ether oxygens (including phenoxy) is 3. The standard InChI is InChI=1S/C29H30N2O6/c1-4-17-36-23-16-11-19(18-24(23)34-3)26-25-27(37-31(26)21-9-7-6-8-10-21)29(33)30(28(25)32)20-12-14-22(15-13-20)35-5-2/h6-16,18,25-27H,4-5,17H2,1-3H3/t25-,26+,27+/m0/s1. The molecule has 0 saturated carbocycles. The number of carbonyl (C=O) groups excluding carboxylic acids is 2. The molecule has 2 aliphatic rings. The van der Waals surface area contributed by atoms with Crippen LogP contribution in [0.25, 0.3) is 0 Å². The molecular weight excluding hydrogens is 472 g/mol. The van der Waals surface area contributed by atoms with Crippen LogP contribution in [-0.4, -0.2) is 38.2 Å². The first-order valence-corrected chi connectivity index (χ1v) is 12.5. The first kappa shape index (κ1) is 24.6. The topological polar surface area (TPSA) is 77.5 Å². The number of imide groups is 1. The summed E-state index contributed by atoms with van der Waals surface area (Å²) in [6.07, 6.45) is -0.0865. The van der Waals surface area contributed by atoms with E-state index in [1.807, 2.05) is 62.4 Å².